The van der Waals surface area contributed by atoms with Gasteiger partial charge in [-0.1, -0.05) is 19.1 Å². The number of alkyl halides is 5. The standard InChI is InChI=1S/C20H20F5N5O/c1-12-6-7-29(9-13-2-4-14(5-3-13)31-20(23,24)25)10-15(12)17-8-16(18(21)22)28-19-26-11-27-30(17)19/h2-5,8,11-12,15,18H,6-7,9-10H2,1H3/t12-,15-/m1/s1. The van der Waals surface area contributed by atoms with Crippen molar-refractivity contribution in [1.82, 2.24) is 24.5 Å². The zero-order valence-electron chi connectivity index (χ0n) is 16.6. The minimum absolute atomic E-state index is 0.0775. The van der Waals surface area contributed by atoms with Crippen LogP contribution in [-0.2, 0) is 6.54 Å². The van der Waals surface area contributed by atoms with Gasteiger partial charge < -0.3 is 4.74 Å². The molecule has 3 heterocycles. The predicted octanol–water partition coefficient (Wildman–Crippen LogP) is 4.59. The molecule has 3 aromatic rings. The van der Waals surface area contributed by atoms with Crippen molar-refractivity contribution in [3.8, 4) is 5.75 Å². The van der Waals surface area contributed by atoms with Gasteiger partial charge in [-0.25, -0.2) is 18.3 Å². The van der Waals surface area contributed by atoms with Gasteiger partial charge in [-0.2, -0.15) is 10.1 Å². The molecule has 0 saturated carbocycles. The topological polar surface area (TPSA) is 55.5 Å². The fraction of sp³-hybridized carbons (Fsp3) is 0.450. The van der Waals surface area contributed by atoms with Crippen molar-refractivity contribution >= 4 is 5.78 Å². The SMILES string of the molecule is C[C@@H]1CCN(Cc2ccc(OC(F)(F)F)cc2)C[C@H]1c1cc(C(F)F)nc2ncnn12. The Kier molecular flexibility index (Phi) is 5.78. The van der Waals surface area contributed by atoms with Gasteiger partial charge >= 0.3 is 6.36 Å². The summed E-state index contributed by atoms with van der Waals surface area (Å²) in [5.41, 5.74) is 1.13. The Hall–Kier alpha value is -2.82. The lowest BCUT2D eigenvalue weighted by Crippen LogP contribution is -2.38. The Morgan fingerprint density at radius 1 is 1.19 bits per heavy atom. The van der Waals surface area contributed by atoms with Crippen molar-refractivity contribution in [3.63, 3.8) is 0 Å². The predicted molar refractivity (Wildman–Crippen MR) is 101 cm³/mol. The van der Waals surface area contributed by atoms with Crippen molar-refractivity contribution in [2.75, 3.05) is 13.1 Å². The van der Waals surface area contributed by atoms with Gasteiger partial charge in [0.05, 0.1) is 5.69 Å². The van der Waals surface area contributed by atoms with Gasteiger partial charge in [0.1, 0.15) is 17.8 Å². The summed E-state index contributed by atoms with van der Waals surface area (Å²) in [4.78, 5) is 9.98. The quantitative estimate of drug-likeness (QED) is 0.543. The summed E-state index contributed by atoms with van der Waals surface area (Å²) in [6, 6.07) is 7.13. The van der Waals surface area contributed by atoms with Gasteiger partial charge in [-0.3, -0.25) is 4.90 Å². The summed E-state index contributed by atoms with van der Waals surface area (Å²) in [5, 5.41) is 4.15. The first kappa shape index (κ1) is 21.4. The molecule has 166 valence electrons. The number of hydrogen-bond donors (Lipinski definition) is 0. The van der Waals surface area contributed by atoms with E-state index in [4.69, 9.17) is 0 Å². The van der Waals surface area contributed by atoms with Crippen LogP contribution in [0.3, 0.4) is 0 Å². The third-order valence-corrected chi connectivity index (χ3v) is 5.51. The Balaban J connectivity index is 1.53. The molecule has 1 aliphatic rings. The monoisotopic (exact) mass is 441 g/mol. The smallest absolute Gasteiger partial charge is 0.406 e. The number of piperidine rings is 1. The highest BCUT2D eigenvalue weighted by Crippen LogP contribution is 2.34. The highest BCUT2D eigenvalue weighted by atomic mass is 19.4. The lowest BCUT2D eigenvalue weighted by atomic mass is 9.84. The van der Waals surface area contributed by atoms with E-state index in [1.54, 1.807) is 12.1 Å². The van der Waals surface area contributed by atoms with Crippen molar-refractivity contribution in [2.24, 2.45) is 5.92 Å². The number of ether oxygens (including phenoxy) is 1. The van der Waals surface area contributed by atoms with Crippen LogP contribution in [0, 0.1) is 5.92 Å². The summed E-state index contributed by atoms with van der Waals surface area (Å²) in [6.07, 6.45) is -5.32. The second kappa shape index (κ2) is 8.37. The van der Waals surface area contributed by atoms with Crippen LogP contribution in [0.15, 0.2) is 36.7 Å². The van der Waals surface area contributed by atoms with Crippen molar-refractivity contribution in [3.05, 3.63) is 53.6 Å². The molecule has 0 spiro atoms. The molecular weight excluding hydrogens is 421 g/mol. The first-order valence-electron chi connectivity index (χ1n) is 9.75. The molecule has 2 atom stereocenters. The molecule has 1 fully saturated rings. The lowest BCUT2D eigenvalue weighted by Gasteiger charge is -2.37. The molecule has 0 aliphatic carbocycles. The number of nitrogens with zero attached hydrogens (tertiary/aromatic N) is 5. The Morgan fingerprint density at radius 2 is 1.94 bits per heavy atom. The van der Waals surface area contributed by atoms with Gasteiger partial charge in [-0.05, 0) is 42.6 Å². The molecule has 1 aliphatic heterocycles. The zero-order valence-corrected chi connectivity index (χ0v) is 16.6. The largest absolute Gasteiger partial charge is 0.573 e. The second-order valence-corrected chi connectivity index (χ2v) is 7.68. The molecule has 0 N–H and O–H groups in total. The molecule has 31 heavy (non-hydrogen) atoms. The van der Waals surface area contributed by atoms with Gasteiger partial charge in [-0.15, -0.1) is 13.2 Å². The van der Waals surface area contributed by atoms with E-state index >= 15 is 0 Å². The summed E-state index contributed by atoms with van der Waals surface area (Å²) < 4.78 is 69.1. The number of rotatable bonds is 5. The third kappa shape index (κ3) is 4.92. The maximum absolute atomic E-state index is 13.3. The number of benzene rings is 1. The van der Waals surface area contributed by atoms with Gasteiger partial charge in [0, 0.05) is 19.0 Å². The average Bonchev–Trinajstić information content (AvgIpc) is 3.18. The molecule has 2 aromatic heterocycles. The van der Waals surface area contributed by atoms with Crippen molar-refractivity contribution < 1.29 is 26.7 Å². The lowest BCUT2D eigenvalue weighted by molar-refractivity contribution is -0.274. The van der Waals surface area contributed by atoms with Crippen LogP contribution >= 0.6 is 0 Å². The maximum atomic E-state index is 13.3. The number of fused-ring (bicyclic) bond motifs is 1. The van der Waals surface area contributed by atoms with Crippen LogP contribution in [-0.4, -0.2) is 43.9 Å². The van der Waals surface area contributed by atoms with E-state index in [9.17, 15) is 22.0 Å². The van der Waals surface area contributed by atoms with Crippen LogP contribution in [0.5, 0.6) is 5.75 Å². The minimum Gasteiger partial charge on any atom is -0.406 e. The van der Waals surface area contributed by atoms with Gasteiger partial charge in [0.2, 0.25) is 0 Å². The summed E-state index contributed by atoms with van der Waals surface area (Å²) in [6.45, 7) is 3.95. The maximum Gasteiger partial charge on any atom is 0.573 e. The van der Waals surface area contributed by atoms with Crippen molar-refractivity contribution in [2.45, 2.75) is 38.6 Å². The van der Waals surface area contributed by atoms with E-state index in [1.165, 1.54) is 29.0 Å². The molecule has 6 nitrogen and oxygen atoms in total. The molecule has 4 rings (SSSR count). The highest BCUT2D eigenvalue weighted by Gasteiger charge is 2.32. The Labute approximate surface area is 174 Å². The second-order valence-electron chi connectivity index (χ2n) is 7.68. The van der Waals surface area contributed by atoms with Crippen LogP contribution in [0.2, 0.25) is 0 Å². The molecular formula is C20H20F5N5O. The molecule has 0 amide bonds. The first-order valence-corrected chi connectivity index (χ1v) is 9.75. The normalized spacial score (nSPS) is 20.5. The molecule has 0 unspecified atom stereocenters. The molecule has 0 bridgehead atoms. The van der Waals surface area contributed by atoms with E-state index in [0.29, 0.717) is 18.8 Å². The average molecular weight is 441 g/mol. The molecule has 1 aromatic carbocycles. The van der Waals surface area contributed by atoms with E-state index in [-0.39, 0.29) is 29.1 Å². The van der Waals surface area contributed by atoms with Crippen LogP contribution in [0.1, 0.15) is 42.6 Å². The fourth-order valence-electron chi connectivity index (χ4n) is 3.95. The van der Waals surface area contributed by atoms with Crippen LogP contribution in [0.25, 0.3) is 5.78 Å². The van der Waals surface area contributed by atoms with E-state index < -0.39 is 12.8 Å². The number of likely N-dealkylation sites (tertiary alicyclic amines) is 1. The Morgan fingerprint density at radius 3 is 2.61 bits per heavy atom. The summed E-state index contributed by atoms with van der Waals surface area (Å²) in [5.74, 6) is 0.00841. The number of hydrogen-bond acceptors (Lipinski definition) is 5. The molecule has 11 heteroatoms. The molecule has 0 radical (unpaired) electrons. The third-order valence-electron chi connectivity index (χ3n) is 5.51. The van der Waals surface area contributed by atoms with Gasteiger partial charge in [0.25, 0.3) is 12.2 Å². The van der Waals surface area contributed by atoms with Crippen LogP contribution < -0.4 is 4.74 Å². The number of halogens is 5. The Bertz CT molecular complexity index is 1040. The van der Waals surface area contributed by atoms with E-state index in [0.717, 1.165) is 18.5 Å². The van der Waals surface area contributed by atoms with E-state index in [1.807, 2.05) is 0 Å². The number of aromatic nitrogens is 4. The summed E-state index contributed by atoms with van der Waals surface area (Å²) in [7, 11) is 0. The first-order chi connectivity index (χ1) is 14.7. The van der Waals surface area contributed by atoms with Crippen molar-refractivity contribution in [1.29, 1.82) is 0 Å². The van der Waals surface area contributed by atoms with Gasteiger partial charge in [0.15, 0.2) is 0 Å². The highest BCUT2D eigenvalue weighted by molar-refractivity contribution is 5.33. The summed E-state index contributed by atoms with van der Waals surface area (Å²) >= 11 is 0. The fourth-order valence-corrected chi connectivity index (χ4v) is 3.95. The van der Waals surface area contributed by atoms with E-state index in [2.05, 4.69) is 31.6 Å². The molecule has 1 saturated heterocycles. The van der Waals surface area contributed by atoms with Crippen LogP contribution in [0.4, 0.5) is 22.0 Å². The minimum atomic E-state index is -4.73. The zero-order chi connectivity index (χ0) is 22.2.